The molecule has 1 aliphatic heterocycles. The van der Waals surface area contributed by atoms with Gasteiger partial charge in [0.25, 0.3) is 0 Å². The van der Waals surface area contributed by atoms with E-state index in [9.17, 15) is 4.79 Å². The number of amides is 1. The van der Waals surface area contributed by atoms with Crippen LogP contribution in [0.1, 0.15) is 52.4 Å². The molecule has 4 heteroatoms. The van der Waals surface area contributed by atoms with Crippen molar-refractivity contribution in [2.75, 3.05) is 19.6 Å². The molecule has 1 saturated heterocycles. The number of carbonyl (C=O) groups excluding carboxylic acids is 1. The number of nitrogens with zero attached hydrogens (tertiary/aromatic N) is 1. The number of carbonyl (C=O) groups is 1. The summed E-state index contributed by atoms with van der Waals surface area (Å²) in [6.07, 6.45) is 6.74. The third kappa shape index (κ3) is 5.36. The highest BCUT2D eigenvalue weighted by molar-refractivity contribution is 5.76. The van der Waals surface area contributed by atoms with Gasteiger partial charge in [-0.15, -0.1) is 0 Å². The lowest BCUT2D eigenvalue weighted by molar-refractivity contribution is -0.143. The summed E-state index contributed by atoms with van der Waals surface area (Å²) in [6.45, 7) is 6.07. The molecule has 0 saturated carbocycles. The van der Waals surface area contributed by atoms with E-state index in [1.165, 1.54) is 25.7 Å². The molecule has 4 nitrogen and oxygen atoms in total. The van der Waals surface area contributed by atoms with Crippen LogP contribution in [0, 0.1) is 0 Å². The van der Waals surface area contributed by atoms with Crippen LogP contribution >= 0.6 is 0 Å². The number of ether oxygens (including phenoxy) is 1. The third-order valence-electron chi connectivity index (χ3n) is 3.44. The summed E-state index contributed by atoms with van der Waals surface area (Å²) in [6, 6.07) is 0. The van der Waals surface area contributed by atoms with Gasteiger partial charge in [-0.05, 0) is 13.3 Å². The molecule has 1 rings (SSSR count). The fourth-order valence-electron chi connectivity index (χ4n) is 2.42. The van der Waals surface area contributed by atoms with Crippen LogP contribution in [-0.4, -0.2) is 42.6 Å². The quantitative estimate of drug-likeness (QED) is 0.708. The first kappa shape index (κ1) is 15.4. The molecule has 2 N–H and O–H groups in total. The zero-order chi connectivity index (χ0) is 13.4. The highest BCUT2D eigenvalue weighted by Crippen LogP contribution is 2.13. The molecule has 0 bridgehead atoms. The molecule has 1 heterocycles. The van der Waals surface area contributed by atoms with Crippen molar-refractivity contribution < 1.29 is 9.53 Å². The maximum atomic E-state index is 12.1. The van der Waals surface area contributed by atoms with E-state index >= 15 is 0 Å². The molecule has 18 heavy (non-hydrogen) atoms. The molecule has 1 fully saturated rings. The van der Waals surface area contributed by atoms with Gasteiger partial charge in [0, 0.05) is 26.1 Å². The van der Waals surface area contributed by atoms with Gasteiger partial charge in [0.2, 0.25) is 5.91 Å². The Morgan fingerprint density at radius 2 is 2.00 bits per heavy atom. The van der Waals surface area contributed by atoms with E-state index in [4.69, 9.17) is 10.5 Å². The maximum Gasteiger partial charge on any atom is 0.222 e. The number of unbranched alkanes of at least 4 members (excludes halogenated alkanes) is 4. The summed E-state index contributed by atoms with van der Waals surface area (Å²) in [5, 5.41) is 0. The number of morpholine rings is 1. The molecule has 2 unspecified atom stereocenters. The molecule has 2 atom stereocenters. The van der Waals surface area contributed by atoms with E-state index in [1.807, 2.05) is 11.8 Å². The Hall–Kier alpha value is -0.610. The fourth-order valence-corrected chi connectivity index (χ4v) is 2.42. The minimum Gasteiger partial charge on any atom is -0.370 e. The van der Waals surface area contributed by atoms with Crippen molar-refractivity contribution in [1.82, 2.24) is 4.90 Å². The maximum absolute atomic E-state index is 12.1. The predicted octanol–water partition coefficient (Wildman–Crippen LogP) is 1.92. The molecule has 0 aliphatic carbocycles. The SMILES string of the molecule is CCCCCCCC(=O)N1CC(C)OC(CN)C1. The van der Waals surface area contributed by atoms with Crippen molar-refractivity contribution in [3.63, 3.8) is 0 Å². The van der Waals surface area contributed by atoms with Crippen LogP contribution in [0.2, 0.25) is 0 Å². The summed E-state index contributed by atoms with van der Waals surface area (Å²) in [5.74, 6) is 0.264. The lowest BCUT2D eigenvalue weighted by Crippen LogP contribution is -2.51. The van der Waals surface area contributed by atoms with Crippen molar-refractivity contribution in [2.24, 2.45) is 5.73 Å². The van der Waals surface area contributed by atoms with Crippen molar-refractivity contribution >= 4 is 5.91 Å². The van der Waals surface area contributed by atoms with E-state index in [2.05, 4.69) is 6.92 Å². The topological polar surface area (TPSA) is 55.6 Å². The van der Waals surface area contributed by atoms with E-state index in [0.717, 1.165) is 6.42 Å². The van der Waals surface area contributed by atoms with Crippen molar-refractivity contribution in [3.8, 4) is 0 Å². The zero-order valence-electron chi connectivity index (χ0n) is 11.9. The van der Waals surface area contributed by atoms with Crippen LogP contribution in [-0.2, 0) is 9.53 Å². The number of hydrogen-bond donors (Lipinski definition) is 1. The Labute approximate surface area is 111 Å². The van der Waals surface area contributed by atoms with E-state index in [-0.39, 0.29) is 18.1 Å². The molecule has 0 aromatic carbocycles. The zero-order valence-corrected chi connectivity index (χ0v) is 11.9. The molecular formula is C14H28N2O2. The average Bonchev–Trinajstić information content (AvgIpc) is 2.37. The third-order valence-corrected chi connectivity index (χ3v) is 3.44. The summed E-state index contributed by atoms with van der Waals surface area (Å²) in [7, 11) is 0. The lowest BCUT2D eigenvalue weighted by atomic mass is 10.1. The average molecular weight is 256 g/mol. The summed E-state index contributed by atoms with van der Waals surface area (Å²) in [4.78, 5) is 14.0. The Morgan fingerprint density at radius 3 is 2.67 bits per heavy atom. The van der Waals surface area contributed by atoms with Crippen LogP contribution in [0.15, 0.2) is 0 Å². The first-order valence-electron chi connectivity index (χ1n) is 7.30. The molecule has 1 amide bonds. The smallest absolute Gasteiger partial charge is 0.222 e. The minimum atomic E-state index is 0.0118. The van der Waals surface area contributed by atoms with E-state index < -0.39 is 0 Å². The highest BCUT2D eigenvalue weighted by Gasteiger charge is 2.26. The molecule has 0 aromatic rings. The summed E-state index contributed by atoms with van der Waals surface area (Å²) < 4.78 is 5.65. The normalized spacial score (nSPS) is 24.3. The van der Waals surface area contributed by atoms with Crippen LogP contribution in [0.5, 0.6) is 0 Å². The Bertz CT molecular complexity index is 246. The first-order valence-corrected chi connectivity index (χ1v) is 7.30. The van der Waals surface area contributed by atoms with Crippen molar-refractivity contribution in [3.05, 3.63) is 0 Å². The van der Waals surface area contributed by atoms with E-state index in [1.54, 1.807) is 0 Å². The summed E-state index contributed by atoms with van der Waals surface area (Å²) in [5.41, 5.74) is 5.62. The van der Waals surface area contributed by atoms with Crippen LogP contribution in [0.4, 0.5) is 0 Å². The van der Waals surface area contributed by atoms with Crippen molar-refractivity contribution in [1.29, 1.82) is 0 Å². The Kier molecular flexibility index (Phi) is 7.28. The predicted molar refractivity (Wildman–Crippen MR) is 73.3 cm³/mol. The van der Waals surface area contributed by atoms with Crippen LogP contribution in [0.25, 0.3) is 0 Å². The van der Waals surface area contributed by atoms with Gasteiger partial charge in [-0.2, -0.15) is 0 Å². The summed E-state index contributed by atoms with van der Waals surface area (Å²) >= 11 is 0. The molecule has 106 valence electrons. The molecule has 1 aliphatic rings. The van der Waals surface area contributed by atoms with Gasteiger partial charge in [-0.25, -0.2) is 0 Å². The monoisotopic (exact) mass is 256 g/mol. The fraction of sp³-hybridized carbons (Fsp3) is 0.929. The Morgan fingerprint density at radius 1 is 1.28 bits per heavy atom. The van der Waals surface area contributed by atoms with E-state index in [0.29, 0.717) is 26.1 Å². The lowest BCUT2D eigenvalue weighted by Gasteiger charge is -2.36. The largest absolute Gasteiger partial charge is 0.370 e. The van der Waals surface area contributed by atoms with Gasteiger partial charge >= 0.3 is 0 Å². The van der Waals surface area contributed by atoms with Crippen LogP contribution < -0.4 is 5.73 Å². The molecule has 0 spiro atoms. The van der Waals surface area contributed by atoms with Gasteiger partial charge in [0.1, 0.15) is 0 Å². The Balaban J connectivity index is 2.23. The number of nitrogens with two attached hydrogens (primary N) is 1. The minimum absolute atomic E-state index is 0.0118. The standard InChI is InChI=1S/C14H28N2O2/c1-3-4-5-6-7-8-14(17)16-10-12(2)18-13(9-15)11-16/h12-13H,3-11,15H2,1-2H3. The first-order chi connectivity index (χ1) is 8.67. The molecule has 0 radical (unpaired) electrons. The second-order valence-corrected chi connectivity index (χ2v) is 5.27. The highest BCUT2D eigenvalue weighted by atomic mass is 16.5. The van der Waals surface area contributed by atoms with Gasteiger partial charge in [0.15, 0.2) is 0 Å². The van der Waals surface area contributed by atoms with Gasteiger partial charge in [-0.3, -0.25) is 4.79 Å². The number of hydrogen-bond acceptors (Lipinski definition) is 3. The second-order valence-electron chi connectivity index (χ2n) is 5.27. The molecule has 0 aromatic heterocycles. The van der Waals surface area contributed by atoms with Gasteiger partial charge < -0.3 is 15.4 Å². The second kappa shape index (κ2) is 8.48. The van der Waals surface area contributed by atoms with Gasteiger partial charge in [-0.1, -0.05) is 32.6 Å². The van der Waals surface area contributed by atoms with Crippen molar-refractivity contribution in [2.45, 2.75) is 64.6 Å². The number of rotatable bonds is 7. The molecular weight excluding hydrogens is 228 g/mol. The van der Waals surface area contributed by atoms with Crippen LogP contribution in [0.3, 0.4) is 0 Å². The van der Waals surface area contributed by atoms with Gasteiger partial charge in [0.05, 0.1) is 12.2 Å².